The van der Waals surface area contributed by atoms with Gasteiger partial charge in [-0.15, -0.1) is 6.58 Å². The number of phenolic OH excluding ortho intramolecular Hbond substituents is 1. The Kier molecular flexibility index (Phi) is 3.71. The lowest BCUT2D eigenvalue weighted by molar-refractivity contribution is 0.371. The van der Waals surface area contributed by atoms with Gasteiger partial charge in [0.2, 0.25) is 0 Å². The van der Waals surface area contributed by atoms with E-state index >= 15 is 0 Å². The SMILES string of the molecule is C=CCc1cc(-c2nc3c(F)cccc3n2C2CC2)cc(OC)c1O. The van der Waals surface area contributed by atoms with Crippen LogP contribution < -0.4 is 4.74 Å². The number of nitrogens with zero attached hydrogens (tertiary/aromatic N) is 2. The number of phenols is 1. The first-order valence-corrected chi connectivity index (χ1v) is 8.31. The zero-order valence-corrected chi connectivity index (χ0v) is 14.0. The Morgan fingerprint density at radius 1 is 1.40 bits per heavy atom. The molecular formula is C20H19FN2O2. The summed E-state index contributed by atoms with van der Waals surface area (Å²) < 4.78 is 21.6. The van der Waals surface area contributed by atoms with Crippen molar-refractivity contribution in [2.24, 2.45) is 0 Å². The number of fused-ring (bicyclic) bond motifs is 1. The number of ether oxygens (including phenoxy) is 1. The van der Waals surface area contributed by atoms with E-state index in [0.29, 0.717) is 35.1 Å². The van der Waals surface area contributed by atoms with Gasteiger partial charge in [0.05, 0.1) is 12.6 Å². The van der Waals surface area contributed by atoms with Crippen LogP contribution in [0.2, 0.25) is 0 Å². The van der Waals surface area contributed by atoms with Crippen molar-refractivity contribution in [3.05, 3.63) is 54.4 Å². The number of hydrogen-bond acceptors (Lipinski definition) is 3. The highest BCUT2D eigenvalue weighted by Crippen LogP contribution is 2.43. The third kappa shape index (κ3) is 2.56. The number of benzene rings is 2. The first-order chi connectivity index (χ1) is 12.1. The molecule has 0 spiro atoms. The van der Waals surface area contributed by atoms with Crippen LogP contribution in [-0.2, 0) is 6.42 Å². The van der Waals surface area contributed by atoms with E-state index < -0.39 is 0 Å². The molecule has 4 nitrogen and oxygen atoms in total. The second-order valence-electron chi connectivity index (χ2n) is 6.32. The molecule has 0 bridgehead atoms. The third-order valence-corrected chi connectivity index (χ3v) is 4.58. The van der Waals surface area contributed by atoms with Gasteiger partial charge in [0.25, 0.3) is 0 Å². The summed E-state index contributed by atoms with van der Waals surface area (Å²) in [7, 11) is 1.51. The molecule has 0 aliphatic heterocycles. The van der Waals surface area contributed by atoms with E-state index in [1.807, 2.05) is 12.1 Å². The zero-order valence-electron chi connectivity index (χ0n) is 14.0. The second-order valence-corrected chi connectivity index (χ2v) is 6.32. The minimum atomic E-state index is -0.324. The van der Waals surface area contributed by atoms with Crippen molar-refractivity contribution in [1.29, 1.82) is 0 Å². The summed E-state index contributed by atoms with van der Waals surface area (Å²) in [6.07, 6.45) is 4.35. The fourth-order valence-corrected chi connectivity index (χ4v) is 3.25. The molecule has 1 saturated carbocycles. The van der Waals surface area contributed by atoms with Crippen LogP contribution in [0.1, 0.15) is 24.4 Å². The van der Waals surface area contributed by atoms with Gasteiger partial charge in [-0.2, -0.15) is 0 Å². The number of halogens is 1. The quantitative estimate of drug-likeness (QED) is 0.691. The standard InChI is InChI=1S/C20H19FN2O2/c1-3-5-12-10-13(11-17(25-2)19(12)24)20-22-18-15(21)6-4-7-16(18)23(20)14-8-9-14/h3-4,6-7,10-11,14,24H,1,5,8-9H2,2H3. The van der Waals surface area contributed by atoms with Crippen molar-refractivity contribution >= 4 is 11.0 Å². The van der Waals surface area contributed by atoms with Crippen LogP contribution in [0.25, 0.3) is 22.4 Å². The number of hydrogen-bond donors (Lipinski definition) is 1. The predicted octanol–water partition coefficient (Wildman–Crippen LogP) is 4.62. The van der Waals surface area contributed by atoms with Crippen molar-refractivity contribution in [1.82, 2.24) is 9.55 Å². The fraction of sp³-hybridized carbons (Fsp3) is 0.250. The molecule has 1 fully saturated rings. The Labute approximate surface area is 145 Å². The van der Waals surface area contributed by atoms with Crippen molar-refractivity contribution in [2.45, 2.75) is 25.3 Å². The molecule has 0 amide bonds. The molecule has 1 aliphatic carbocycles. The Hall–Kier alpha value is -2.82. The lowest BCUT2D eigenvalue weighted by atomic mass is 10.0. The fourth-order valence-electron chi connectivity index (χ4n) is 3.25. The van der Waals surface area contributed by atoms with Crippen molar-refractivity contribution in [3.63, 3.8) is 0 Å². The number of aromatic hydroxyl groups is 1. The van der Waals surface area contributed by atoms with Crippen molar-refractivity contribution < 1.29 is 14.2 Å². The topological polar surface area (TPSA) is 47.3 Å². The van der Waals surface area contributed by atoms with Gasteiger partial charge in [-0.25, -0.2) is 9.37 Å². The summed E-state index contributed by atoms with van der Waals surface area (Å²) in [6.45, 7) is 3.73. The normalized spacial score (nSPS) is 14.0. The van der Waals surface area contributed by atoms with Crippen LogP contribution in [0.3, 0.4) is 0 Å². The van der Waals surface area contributed by atoms with Crippen LogP contribution in [0.5, 0.6) is 11.5 Å². The molecule has 0 unspecified atom stereocenters. The molecule has 5 heteroatoms. The average Bonchev–Trinajstić information content (AvgIpc) is 3.37. The van der Waals surface area contributed by atoms with Crippen molar-refractivity contribution in [2.75, 3.05) is 7.11 Å². The van der Waals surface area contributed by atoms with Crippen LogP contribution in [0.15, 0.2) is 43.0 Å². The molecule has 128 valence electrons. The number of methoxy groups -OCH3 is 1. The van der Waals surface area contributed by atoms with Crippen molar-refractivity contribution in [3.8, 4) is 22.9 Å². The van der Waals surface area contributed by atoms with Gasteiger partial charge in [0.15, 0.2) is 17.3 Å². The number of allylic oxidation sites excluding steroid dienone is 1. The van der Waals surface area contributed by atoms with E-state index in [4.69, 9.17) is 4.74 Å². The molecule has 1 aliphatic rings. The van der Waals surface area contributed by atoms with Crippen LogP contribution in [-0.4, -0.2) is 21.8 Å². The first-order valence-electron chi connectivity index (χ1n) is 8.31. The lowest BCUT2D eigenvalue weighted by Gasteiger charge is -2.13. The Bertz CT molecular complexity index is 973. The summed E-state index contributed by atoms with van der Waals surface area (Å²) in [5.41, 5.74) is 2.68. The lowest BCUT2D eigenvalue weighted by Crippen LogP contribution is -1.99. The molecule has 0 radical (unpaired) electrons. The largest absolute Gasteiger partial charge is 0.504 e. The van der Waals surface area contributed by atoms with Crippen LogP contribution >= 0.6 is 0 Å². The van der Waals surface area contributed by atoms with E-state index in [1.54, 1.807) is 18.2 Å². The first kappa shape index (κ1) is 15.7. The molecule has 25 heavy (non-hydrogen) atoms. The second kappa shape index (κ2) is 5.92. The van der Waals surface area contributed by atoms with Crippen LogP contribution in [0.4, 0.5) is 4.39 Å². The average molecular weight is 338 g/mol. The summed E-state index contributed by atoms with van der Waals surface area (Å²) >= 11 is 0. The van der Waals surface area contributed by atoms with Gasteiger partial charge >= 0.3 is 0 Å². The smallest absolute Gasteiger partial charge is 0.161 e. The third-order valence-electron chi connectivity index (χ3n) is 4.58. The van der Waals surface area contributed by atoms with Gasteiger partial charge in [-0.3, -0.25) is 0 Å². The molecule has 1 N–H and O–H groups in total. The maximum atomic E-state index is 14.2. The highest BCUT2D eigenvalue weighted by molar-refractivity contribution is 5.82. The molecule has 1 aromatic heterocycles. The molecule has 4 rings (SSSR count). The maximum absolute atomic E-state index is 14.2. The molecule has 0 saturated heterocycles. The minimum Gasteiger partial charge on any atom is -0.504 e. The van der Waals surface area contributed by atoms with E-state index in [0.717, 1.165) is 23.9 Å². The predicted molar refractivity (Wildman–Crippen MR) is 95.5 cm³/mol. The van der Waals surface area contributed by atoms with Gasteiger partial charge in [-0.1, -0.05) is 12.1 Å². The van der Waals surface area contributed by atoms with Crippen LogP contribution in [0, 0.1) is 5.82 Å². The number of imidazole rings is 1. The van der Waals surface area contributed by atoms with Gasteiger partial charge in [-0.05, 0) is 43.5 Å². The summed E-state index contributed by atoms with van der Waals surface area (Å²) in [5, 5.41) is 10.3. The molecule has 3 aromatic rings. The van der Waals surface area contributed by atoms with Gasteiger partial charge in [0.1, 0.15) is 11.3 Å². The molecule has 2 aromatic carbocycles. The Morgan fingerprint density at radius 3 is 2.88 bits per heavy atom. The zero-order chi connectivity index (χ0) is 17.6. The Morgan fingerprint density at radius 2 is 2.20 bits per heavy atom. The molecular weight excluding hydrogens is 319 g/mol. The Balaban J connectivity index is 1.98. The molecule has 1 heterocycles. The minimum absolute atomic E-state index is 0.103. The highest BCUT2D eigenvalue weighted by Gasteiger charge is 2.30. The van der Waals surface area contributed by atoms with Gasteiger partial charge in [0, 0.05) is 17.2 Å². The maximum Gasteiger partial charge on any atom is 0.161 e. The highest BCUT2D eigenvalue weighted by atomic mass is 19.1. The molecule has 0 atom stereocenters. The van der Waals surface area contributed by atoms with E-state index in [1.165, 1.54) is 13.2 Å². The number of rotatable bonds is 5. The van der Waals surface area contributed by atoms with Gasteiger partial charge < -0.3 is 14.4 Å². The number of aromatic nitrogens is 2. The van der Waals surface area contributed by atoms with E-state index in [9.17, 15) is 9.50 Å². The van der Waals surface area contributed by atoms with E-state index in [-0.39, 0.29) is 11.6 Å². The summed E-state index contributed by atoms with van der Waals surface area (Å²) in [5.74, 6) is 0.858. The van der Waals surface area contributed by atoms with E-state index in [2.05, 4.69) is 16.1 Å². The summed E-state index contributed by atoms with van der Waals surface area (Å²) in [6, 6.07) is 9.00. The number of para-hydroxylation sites is 1. The monoisotopic (exact) mass is 338 g/mol. The summed E-state index contributed by atoms with van der Waals surface area (Å²) in [4.78, 5) is 4.57.